The predicted molar refractivity (Wildman–Crippen MR) is 143 cm³/mol. The van der Waals surface area contributed by atoms with E-state index in [1.807, 2.05) is 0 Å². The van der Waals surface area contributed by atoms with Gasteiger partial charge in [-0.1, -0.05) is 65.7 Å². The molecular formula is C28H22Cl2N2O5. The molecule has 0 aliphatic heterocycles. The number of nitro groups is 1. The molecule has 0 bridgehead atoms. The van der Waals surface area contributed by atoms with E-state index in [-0.39, 0.29) is 23.7 Å². The first-order chi connectivity index (χ1) is 17.7. The molecule has 7 nitrogen and oxygen atoms in total. The van der Waals surface area contributed by atoms with Gasteiger partial charge in [0.15, 0.2) is 0 Å². The Morgan fingerprint density at radius 3 is 1.89 bits per heavy atom. The molecule has 4 aromatic carbocycles. The zero-order chi connectivity index (χ0) is 26.6. The van der Waals surface area contributed by atoms with Crippen molar-refractivity contribution in [3.05, 3.63) is 133 Å². The summed E-state index contributed by atoms with van der Waals surface area (Å²) in [5.74, 6) is -0.471. The lowest BCUT2D eigenvalue weighted by molar-refractivity contribution is -0.384. The van der Waals surface area contributed by atoms with E-state index < -0.39 is 16.3 Å². The summed E-state index contributed by atoms with van der Waals surface area (Å²) >= 11 is 12.3. The maximum atomic E-state index is 13.7. The molecule has 4 rings (SSSR count). The van der Waals surface area contributed by atoms with Crippen LogP contribution in [0.25, 0.3) is 0 Å². The molecule has 0 spiro atoms. The molecule has 0 saturated carbocycles. The van der Waals surface area contributed by atoms with Gasteiger partial charge in [0.25, 0.3) is 5.69 Å². The second kappa shape index (κ2) is 10.9. The van der Waals surface area contributed by atoms with E-state index >= 15 is 0 Å². The maximum absolute atomic E-state index is 13.7. The number of nitrogens with one attached hydrogen (secondary N) is 1. The smallest absolute Gasteiger partial charge is 0.325 e. The van der Waals surface area contributed by atoms with E-state index in [0.717, 1.165) is 5.56 Å². The van der Waals surface area contributed by atoms with Crippen molar-refractivity contribution in [2.24, 2.45) is 0 Å². The summed E-state index contributed by atoms with van der Waals surface area (Å²) in [5, 5.41) is 25.5. The number of ether oxygens (including phenoxy) is 1. The molecule has 188 valence electrons. The van der Waals surface area contributed by atoms with Crippen molar-refractivity contribution < 1.29 is 19.6 Å². The number of esters is 1. The highest BCUT2D eigenvalue weighted by atomic mass is 35.5. The summed E-state index contributed by atoms with van der Waals surface area (Å²) in [6, 6.07) is 24.5. The number of rotatable bonds is 8. The molecule has 2 N–H and O–H groups in total. The number of carbonyl (C=O) groups is 1. The molecule has 9 heteroatoms. The monoisotopic (exact) mass is 536 g/mol. The molecule has 0 aliphatic carbocycles. The van der Waals surface area contributed by atoms with E-state index in [1.165, 1.54) is 25.3 Å². The average Bonchev–Trinajstić information content (AvgIpc) is 2.90. The molecule has 0 radical (unpaired) electrons. The Labute approximate surface area is 223 Å². The predicted octanol–water partition coefficient (Wildman–Crippen LogP) is 6.73. The quantitative estimate of drug-likeness (QED) is 0.112. The first-order valence-electron chi connectivity index (χ1n) is 11.2. The third-order valence-electron chi connectivity index (χ3n) is 6.09. The van der Waals surface area contributed by atoms with Gasteiger partial charge in [-0.3, -0.25) is 14.9 Å². The van der Waals surface area contributed by atoms with Crippen molar-refractivity contribution in [2.75, 3.05) is 12.4 Å². The zero-order valence-corrected chi connectivity index (χ0v) is 21.2. The van der Waals surface area contributed by atoms with Crippen LogP contribution in [0.4, 0.5) is 11.4 Å². The molecule has 4 aromatic rings. The maximum Gasteiger partial charge on any atom is 0.325 e. The van der Waals surface area contributed by atoms with Crippen molar-refractivity contribution in [1.82, 2.24) is 0 Å². The number of methoxy groups -OCH3 is 1. The Kier molecular flexibility index (Phi) is 7.66. The number of hydrogen-bond acceptors (Lipinski definition) is 6. The summed E-state index contributed by atoms with van der Waals surface area (Å²) in [6.07, 6.45) is 0. The molecule has 0 amide bonds. The number of hydrogen-bond donors (Lipinski definition) is 2. The standard InChI is InChI=1S/C28H22Cl2N2O5/c1-37-27(34)28(19-4-9-22(29)10-5-19,20-6-11-23(30)12-7-20)21-8-15-26(32(35)36)25(16-21)31-17-18-2-13-24(33)14-3-18/h2-16,31,33H,17H2,1H3. The van der Waals surface area contributed by atoms with E-state index in [0.29, 0.717) is 26.7 Å². The lowest BCUT2D eigenvalue weighted by Gasteiger charge is -2.33. The summed E-state index contributed by atoms with van der Waals surface area (Å²) in [4.78, 5) is 25.0. The summed E-state index contributed by atoms with van der Waals surface area (Å²) in [6.45, 7) is 0.248. The Hall–Kier alpha value is -4.07. The second-order valence-corrected chi connectivity index (χ2v) is 9.14. The first-order valence-corrected chi connectivity index (χ1v) is 11.9. The Morgan fingerprint density at radius 2 is 1.41 bits per heavy atom. The molecule has 0 fully saturated rings. The van der Waals surface area contributed by atoms with Crippen LogP contribution in [0.1, 0.15) is 22.3 Å². The third-order valence-corrected chi connectivity index (χ3v) is 6.60. The average molecular weight is 537 g/mol. The van der Waals surface area contributed by atoms with Gasteiger partial charge >= 0.3 is 5.97 Å². The minimum atomic E-state index is -1.48. The molecule has 0 unspecified atom stereocenters. The minimum Gasteiger partial charge on any atom is -0.508 e. The SMILES string of the molecule is COC(=O)C(c1ccc(Cl)cc1)(c1ccc(Cl)cc1)c1ccc([N+](=O)[O-])c(NCc2ccc(O)cc2)c1. The van der Waals surface area contributed by atoms with Crippen molar-refractivity contribution in [3.8, 4) is 5.75 Å². The largest absolute Gasteiger partial charge is 0.508 e. The number of phenolic OH excluding ortho intramolecular Hbond substituents is 1. The summed E-state index contributed by atoms with van der Waals surface area (Å²) in [5.41, 5.74) is 0.942. The summed E-state index contributed by atoms with van der Waals surface area (Å²) < 4.78 is 5.31. The molecule has 0 saturated heterocycles. The second-order valence-electron chi connectivity index (χ2n) is 8.26. The van der Waals surface area contributed by atoms with Gasteiger partial charge in [0.05, 0.1) is 12.0 Å². The van der Waals surface area contributed by atoms with Crippen molar-refractivity contribution in [3.63, 3.8) is 0 Å². The van der Waals surface area contributed by atoms with E-state index in [1.54, 1.807) is 72.8 Å². The van der Waals surface area contributed by atoms with Crippen LogP contribution in [0.5, 0.6) is 5.75 Å². The fourth-order valence-corrected chi connectivity index (χ4v) is 4.54. The number of anilines is 1. The minimum absolute atomic E-state index is 0.116. The fourth-order valence-electron chi connectivity index (χ4n) is 4.29. The topological polar surface area (TPSA) is 102 Å². The van der Waals surface area contributed by atoms with Crippen LogP contribution in [-0.2, 0) is 21.5 Å². The highest BCUT2D eigenvalue weighted by Gasteiger charge is 2.46. The third kappa shape index (κ3) is 5.23. The number of nitrogens with zero attached hydrogens (tertiary/aromatic N) is 1. The van der Waals surface area contributed by atoms with Gasteiger partial charge in [0, 0.05) is 22.7 Å². The number of phenols is 1. The van der Waals surface area contributed by atoms with Crippen molar-refractivity contribution in [1.29, 1.82) is 0 Å². The van der Waals surface area contributed by atoms with E-state index in [9.17, 15) is 20.0 Å². The molecule has 0 atom stereocenters. The van der Waals surface area contributed by atoms with Crippen LogP contribution in [-0.4, -0.2) is 23.1 Å². The van der Waals surface area contributed by atoms with Crippen LogP contribution in [0, 0.1) is 10.1 Å². The van der Waals surface area contributed by atoms with Crippen LogP contribution in [0.15, 0.2) is 91.0 Å². The van der Waals surface area contributed by atoms with Crippen LogP contribution >= 0.6 is 23.2 Å². The van der Waals surface area contributed by atoms with Crippen LogP contribution in [0.3, 0.4) is 0 Å². The highest BCUT2D eigenvalue weighted by Crippen LogP contribution is 2.43. The van der Waals surface area contributed by atoms with Gasteiger partial charge in [-0.25, -0.2) is 0 Å². The van der Waals surface area contributed by atoms with Gasteiger partial charge in [-0.05, 0) is 64.7 Å². The molecule has 0 aliphatic rings. The first kappa shape index (κ1) is 26.0. The Bertz CT molecular complexity index is 1380. The van der Waals surface area contributed by atoms with Crippen LogP contribution in [0.2, 0.25) is 10.0 Å². The van der Waals surface area contributed by atoms with E-state index in [2.05, 4.69) is 5.32 Å². The Balaban J connectivity index is 1.93. The van der Waals surface area contributed by atoms with Gasteiger partial charge in [-0.2, -0.15) is 0 Å². The van der Waals surface area contributed by atoms with E-state index in [4.69, 9.17) is 27.9 Å². The fraction of sp³-hybridized carbons (Fsp3) is 0.107. The number of carbonyl (C=O) groups excluding carboxylic acids is 1. The number of benzene rings is 4. The Morgan fingerprint density at radius 1 is 0.892 bits per heavy atom. The van der Waals surface area contributed by atoms with Gasteiger partial charge in [0.1, 0.15) is 16.9 Å². The van der Waals surface area contributed by atoms with Gasteiger partial charge in [-0.15, -0.1) is 0 Å². The zero-order valence-electron chi connectivity index (χ0n) is 19.7. The summed E-state index contributed by atoms with van der Waals surface area (Å²) in [7, 11) is 1.29. The molecular weight excluding hydrogens is 515 g/mol. The number of aromatic hydroxyl groups is 1. The molecule has 0 heterocycles. The number of nitro benzene ring substituents is 1. The van der Waals surface area contributed by atoms with Gasteiger partial charge in [0.2, 0.25) is 0 Å². The molecule has 0 aromatic heterocycles. The van der Waals surface area contributed by atoms with Crippen LogP contribution < -0.4 is 5.32 Å². The van der Waals surface area contributed by atoms with Crippen molar-refractivity contribution >= 4 is 40.5 Å². The van der Waals surface area contributed by atoms with Gasteiger partial charge < -0.3 is 15.2 Å². The molecule has 37 heavy (non-hydrogen) atoms. The number of halogens is 2. The highest BCUT2D eigenvalue weighted by molar-refractivity contribution is 6.30. The lowest BCUT2D eigenvalue weighted by atomic mass is 9.69. The lowest BCUT2D eigenvalue weighted by Crippen LogP contribution is -2.39. The normalized spacial score (nSPS) is 11.1. The van der Waals surface area contributed by atoms with Crippen molar-refractivity contribution in [2.45, 2.75) is 12.0 Å².